The van der Waals surface area contributed by atoms with Crippen LogP contribution in [-0.4, -0.2) is 19.5 Å². The van der Waals surface area contributed by atoms with E-state index in [0.29, 0.717) is 17.5 Å². The van der Waals surface area contributed by atoms with E-state index < -0.39 is 0 Å². The first-order chi connectivity index (χ1) is 30.7. The Balaban J connectivity index is 1.09. The third kappa shape index (κ3) is 6.09. The maximum atomic E-state index is 5.36. The first kappa shape index (κ1) is 35.9. The van der Waals surface area contributed by atoms with E-state index in [0.717, 1.165) is 61.2 Å². The zero-order valence-electron chi connectivity index (χ0n) is 33.5. The molecule has 290 valence electrons. The minimum absolute atomic E-state index is 0.603. The topological polar surface area (TPSA) is 43.6 Å². The molecule has 0 atom stereocenters. The second kappa shape index (κ2) is 14.9. The van der Waals surface area contributed by atoms with E-state index in [9.17, 15) is 0 Å². The van der Waals surface area contributed by atoms with Crippen molar-refractivity contribution in [2.45, 2.75) is 0 Å². The average molecular weight is 809 g/mol. The van der Waals surface area contributed by atoms with Gasteiger partial charge in [-0.1, -0.05) is 194 Å². The molecule has 0 saturated carbocycles. The van der Waals surface area contributed by atoms with Crippen molar-refractivity contribution in [2.24, 2.45) is 0 Å². The van der Waals surface area contributed by atoms with Crippen molar-refractivity contribution in [3.8, 4) is 73.2 Å². The monoisotopic (exact) mass is 808 g/mol. The summed E-state index contributed by atoms with van der Waals surface area (Å²) < 4.78 is 5.01. The van der Waals surface area contributed by atoms with Crippen LogP contribution in [0.3, 0.4) is 0 Å². The lowest BCUT2D eigenvalue weighted by Gasteiger charge is -2.18. The number of hydrogen-bond donors (Lipinski definition) is 0. The molecule has 0 aliphatic rings. The number of rotatable bonds is 7. The summed E-state index contributed by atoms with van der Waals surface area (Å²) in [6.45, 7) is 0. The van der Waals surface area contributed by atoms with E-state index in [2.05, 4.69) is 205 Å². The molecular formula is C57H36N4S. The van der Waals surface area contributed by atoms with Gasteiger partial charge >= 0.3 is 0 Å². The van der Waals surface area contributed by atoms with Crippen molar-refractivity contribution < 1.29 is 0 Å². The van der Waals surface area contributed by atoms with Crippen LogP contribution in [0.2, 0.25) is 0 Å². The van der Waals surface area contributed by atoms with E-state index in [-0.39, 0.29) is 0 Å². The van der Waals surface area contributed by atoms with Crippen LogP contribution in [0.1, 0.15) is 0 Å². The molecule has 0 aliphatic heterocycles. The van der Waals surface area contributed by atoms with Gasteiger partial charge in [-0.15, -0.1) is 11.3 Å². The normalized spacial score (nSPS) is 11.5. The third-order valence-corrected chi connectivity index (χ3v) is 13.1. The zero-order chi connectivity index (χ0) is 41.0. The second-order valence-electron chi connectivity index (χ2n) is 15.5. The number of thiophene rings is 1. The predicted molar refractivity (Wildman–Crippen MR) is 260 cm³/mol. The van der Waals surface area contributed by atoms with Crippen molar-refractivity contribution in [3.63, 3.8) is 0 Å². The summed E-state index contributed by atoms with van der Waals surface area (Å²) in [5.41, 5.74) is 12.9. The maximum absolute atomic E-state index is 5.36. The number of benzene rings is 9. The number of nitrogens with zero attached hydrogens (tertiary/aromatic N) is 4. The summed E-state index contributed by atoms with van der Waals surface area (Å²) in [4.78, 5) is 15.8. The molecular weight excluding hydrogens is 773 g/mol. The molecule has 0 fully saturated rings. The molecule has 0 aliphatic carbocycles. The summed E-state index contributed by atoms with van der Waals surface area (Å²) in [5.74, 6) is 1.84. The van der Waals surface area contributed by atoms with Crippen molar-refractivity contribution in [3.05, 3.63) is 218 Å². The number of fused-ring (bicyclic) bond motifs is 6. The Kier molecular flexibility index (Phi) is 8.65. The maximum Gasteiger partial charge on any atom is 0.166 e. The van der Waals surface area contributed by atoms with E-state index in [1.165, 1.54) is 36.5 Å². The molecule has 3 aromatic heterocycles. The molecule has 0 saturated heterocycles. The van der Waals surface area contributed by atoms with Crippen LogP contribution in [0.25, 0.3) is 115 Å². The van der Waals surface area contributed by atoms with Gasteiger partial charge in [0, 0.05) is 53.2 Å². The van der Waals surface area contributed by atoms with Crippen molar-refractivity contribution >= 4 is 53.3 Å². The van der Waals surface area contributed by atoms with Crippen LogP contribution < -0.4 is 0 Å². The summed E-state index contributed by atoms with van der Waals surface area (Å²) in [5, 5.41) is 4.95. The standard InChI is InChI=1S/C57H36N4S/c1-4-16-37(17-5-1)42-34-35-49(51(36-42)61-50-28-12-10-22-45(50)47-26-14-24-43(53(47)61)38-18-6-2-7-19-38)57-59-55(40-20-8-3-9-21-40)58-56(60-57)41-32-30-39(31-33-41)44-25-15-27-48-46-23-11-13-29-52(46)62-54(44)48/h1-36H. The van der Waals surface area contributed by atoms with Gasteiger partial charge < -0.3 is 4.57 Å². The van der Waals surface area contributed by atoms with Crippen LogP contribution in [-0.2, 0) is 0 Å². The molecule has 0 unspecified atom stereocenters. The fourth-order valence-electron chi connectivity index (χ4n) is 8.95. The molecule has 0 spiro atoms. The van der Waals surface area contributed by atoms with Crippen LogP contribution in [0.15, 0.2) is 218 Å². The van der Waals surface area contributed by atoms with Gasteiger partial charge in [0.1, 0.15) is 0 Å². The van der Waals surface area contributed by atoms with Crippen LogP contribution >= 0.6 is 11.3 Å². The lowest BCUT2D eigenvalue weighted by Crippen LogP contribution is -2.04. The summed E-state index contributed by atoms with van der Waals surface area (Å²) in [6, 6.07) is 77.4. The molecule has 12 aromatic rings. The van der Waals surface area contributed by atoms with E-state index in [1.54, 1.807) is 0 Å². The van der Waals surface area contributed by atoms with Crippen LogP contribution in [0, 0.1) is 0 Å². The van der Waals surface area contributed by atoms with Gasteiger partial charge in [0.2, 0.25) is 0 Å². The fourth-order valence-corrected chi connectivity index (χ4v) is 10.2. The lowest BCUT2D eigenvalue weighted by atomic mass is 10.00. The molecule has 0 amide bonds. The highest BCUT2D eigenvalue weighted by molar-refractivity contribution is 7.26. The van der Waals surface area contributed by atoms with E-state index in [4.69, 9.17) is 15.0 Å². The Bertz CT molecular complexity index is 3610. The molecule has 0 radical (unpaired) electrons. The molecule has 0 bridgehead atoms. The minimum Gasteiger partial charge on any atom is -0.308 e. The quantitative estimate of drug-likeness (QED) is 0.161. The molecule has 4 nitrogen and oxygen atoms in total. The van der Waals surface area contributed by atoms with Crippen LogP contribution in [0.5, 0.6) is 0 Å². The molecule has 3 heterocycles. The summed E-state index contributed by atoms with van der Waals surface area (Å²) in [7, 11) is 0. The average Bonchev–Trinajstić information content (AvgIpc) is 3.91. The minimum atomic E-state index is 0.603. The van der Waals surface area contributed by atoms with Crippen LogP contribution in [0.4, 0.5) is 0 Å². The van der Waals surface area contributed by atoms with Gasteiger partial charge in [-0.2, -0.15) is 0 Å². The fraction of sp³-hybridized carbons (Fsp3) is 0. The van der Waals surface area contributed by atoms with E-state index in [1.807, 2.05) is 29.5 Å². The van der Waals surface area contributed by atoms with Crippen molar-refractivity contribution in [2.75, 3.05) is 0 Å². The Morgan fingerprint density at radius 3 is 1.58 bits per heavy atom. The summed E-state index contributed by atoms with van der Waals surface area (Å²) >= 11 is 1.85. The Morgan fingerprint density at radius 2 is 0.839 bits per heavy atom. The molecule has 5 heteroatoms. The Hall–Kier alpha value is -7.99. The van der Waals surface area contributed by atoms with E-state index >= 15 is 0 Å². The van der Waals surface area contributed by atoms with Gasteiger partial charge in [0.15, 0.2) is 17.5 Å². The van der Waals surface area contributed by atoms with Gasteiger partial charge in [0.05, 0.1) is 16.7 Å². The highest BCUT2D eigenvalue weighted by Crippen LogP contribution is 2.43. The third-order valence-electron chi connectivity index (χ3n) is 11.9. The van der Waals surface area contributed by atoms with Gasteiger partial charge in [-0.3, -0.25) is 0 Å². The largest absolute Gasteiger partial charge is 0.308 e. The highest BCUT2D eigenvalue weighted by Gasteiger charge is 2.22. The predicted octanol–water partition coefficient (Wildman–Crippen LogP) is 15.3. The first-order valence-corrected chi connectivity index (χ1v) is 21.7. The smallest absolute Gasteiger partial charge is 0.166 e. The molecule has 12 rings (SSSR count). The Morgan fingerprint density at radius 1 is 0.323 bits per heavy atom. The van der Waals surface area contributed by atoms with Gasteiger partial charge in [0.25, 0.3) is 0 Å². The number of hydrogen-bond acceptors (Lipinski definition) is 4. The number of para-hydroxylation sites is 2. The first-order valence-electron chi connectivity index (χ1n) is 20.9. The summed E-state index contributed by atoms with van der Waals surface area (Å²) in [6.07, 6.45) is 0. The number of aromatic nitrogens is 4. The van der Waals surface area contributed by atoms with Gasteiger partial charge in [-0.05, 0) is 52.1 Å². The molecule has 0 N–H and O–H groups in total. The molecule has 9 aromatic carbocycles. The van der Waals surface area contributed by atoms with Gasteiger partial charge in [-0.25, -0.2) is 15.0 Å². The zero-order valence-corrected chi connectivity index (χ0v) is 34.3. The SMILES string of the molecule is c1ccc(-c2ccc(-c3nc(-c4ccccc4)nc(-c4ccc(-c5cccc6c5sc5ccccc56)cc4)n3)c(-n3c4ccccc4c4cccc(-c5ccccc5)c43)c2)cc1. The lowest BCUT2D eigenvalue weighted by molar-refractivity contribution is 1.06. The molecule has 62 heavy (non-hydrogen) atoms. The highest BCUT2D eigenvalue weighted by atomic mass is 32.1. The second-order valence-corrected chi connectivity index (χ2v) is 16.6. The van der Waals surface area contributed by atoms with Crippen molar-refractivity contribution in [1.29, 1.82) is 0 Å². The van der Waals surface area contributed by atoms with Crippen molar-refractivity contribution in [1.82, 2.24) is 19.5 Å². The Labute approximate surface area is 362 Å².